The van der Waals surface area contributed by atoms with Gasteiger partial charge in [0, 0.05) is 30.8 Å². The van der Waals surface area contributed by atoms with Crippen LogP contribution in [0.2, 0.25) is 0 Å². The number of rotatable bonds is 8. The van der Waals surface area contributed by atoms with Crippen LogP contribution in [0.25, 0.3) is 10.9 Å². The lowest BCUT2D eigenvalue weighted by molar-refractivity contribution is 0.0897. The second kappa shape index (κ2) is 10.2. The zero-order valence-electron chi connectivity index (χ0n) is 17.7. The smallest absolute Gasteiger partial charge is 0.253 e. The van der Waals surface area contributed by atoms with Gasteiger partial charge in [0.1, 0.15) is 0 Å². The summed E-state index contributed by atoms with van der Waals surface area (Å²) >= 11 is 5.68. The first-order valence-corrected chi connectivity index (χ1v) is 10.7. The predicted molar refractivity (Wildman–Crippen MR) is 122 cm³/mol. The molecule has 1 unspecified atom stereocenters. The number of ether oxygens (including phenoxy) is 1. The molecule has 6 nitrogen and oxygen atoms in total. The average molecular weight is 417 g/mol. The zero-order chi connectivity index (χ0) is 20.8. The summed E-state index contributed by atoms with van der Waals surface area (Å²) in [6.07, 6.45) is 3.29. The minimum Gasteiger partial charge on any atom is -0.376 e. The Kier molecular flexibility index (Phi) is 7.64. The van der Waals surface area contributed by atoms with Gasteiger partial charge in [-0.25, -0.2) is 0 Å². The van der Waals surface area contributed by atoms with Gasteiger partial charge in [0.15, 0.2) is 5.11 Å². The summed E-state index contributed by atoms with van der Waals surface area (Å²) in [6.45, 7) is 5.85. The highest BCUT2D eigenvalue weighted by atomic mass is 32.1. The summed E-state index contributed by atoms with van der Waals surface area (Å²) in [5.41, 5.74) is 2.69. The zero-order valence-corrected chi connectivity index (χ0v) is 18.5. The average Bonchev–Trinajstić information content (AvgIpc) is 3.18. The number of hydrogen-bond donors (Lipinski definition) is 2. The summed E-state index contributed by atoms with van der Waals surface area (Å²) in [6, 6.07) is 8.04. The molecule has 0 bridgehead atoms. The van der Waals surface area contributed by atoms with Crippen molar-refractivity contribution in [1.82, 2.24) is 20.1 Å². The molecule has 1 atom stereocenters. The van der Waals surface area contributed by atoms with Gasteiger partial charge in [-0.3, -0.25) is 4.79 Å². The van der Waals surface area contributed by atoms with Gasteiger partial charge < -0.3 is 24.8 Å². The molecule has 1 aliphatic heterocycles. The van der Waals surface area contributed by atoms with E-state index >= 15 is 0 Å². The van der Waals surface area contributed by atoms with E-state index in [0.717, 1.165) is 55.4 Å². The fraction of sp³-hybridized carbons (Fsp3) is 0.545. The largest absolute Gasteiger partial charge is 0.376 e. The number of nitrogens with zero attached hydrogens (tertiary/aromatic N) is 2. The molecule has 1 aliphatic rings. The number of benzene rings is 1. The molecule has 29 heavy (non-hydrogen) atoms. The van der Waals surface area contributed by atoms with Crippen molar-refractivity contribution in [3.8, 4) is 0 Å². The number of H-pyrrole nitrogens is 1. The molecule has 0 saturated carbocycles. The molecule has 3 rings (SSSR count). The highest BCUT2D eigenvalue weighted by Gasteiger charge is 2.22. The number of hydrogen-bond acceptors (Lipinski definition) is 4. The number of aromatic nitrogens is 1. The third-order valence-electron chi connectivity index (χ3n) is 5.23. The molecule has 2 N–H and O–H groups in total. The van der Waals surface area contributed by atoms with Crippen LogP contribution in [0, 0.1) is 6.92 Å². The van der Waals surface area contributed by atoms with Gasteiger partial charge in [0.25, 0.3) is 5.56 Å². The first-order chi connectivity index (χ1) is 13.9. The van der Waals surface area contributed by atoms with Crippen molar-refractivity contribution in [3.63, 3.8) is 0 Å². The monoisotopic (exact) mass is 416 g/mol. The highest BCUT2D eigenvalue weighted by Crippen LogP contribution is 2.17. The molecule has 0 aliphatic carbocycles. The molecule has 2 heterocycles. The van der Waals surface area contributed by atoms with E-state index in [0.29, 0.717) is 18.2 Å². The lowest BCUT2D eigenvalue weighted by Crippen LogP contribution is -2.44. The molecule has 158 valence electrons. The van der Waals surface area contributed by atoms with Crippen molar-refractivity contribution in [2.75, 3.05) is 40.3 Å². The van der Waals surface area contributed by atoms with Gasteiger partial charge >= 0.3 is 0 Å². The normalized spacial score (nSPS) is 16.5. The molecule has 1 saturated heterocycles. The fourth-order valence-corrected chi connectivity index (χ4v) is 3.89. The number of nitrogens with one attached hydrogen (secondary N) is 2. The van der Waals surface area contributed by atoms with Gasteiger partial charge in [0.05, 0.1) is 12.6 Å². The number of fused-ring (bicyclic) bond motifs is 1. The van der Waals surface area contributed by atoms with Gasteiger partial charge in [-0.15, -0.1) is 0 Å². The van der Waals surface area contributed by atoms with Crippen LogP contribution >= 0.6 is 12.2 Å². The maximum Gasteiger partial charge on any atom is 0.253 e. The fourth-order valence-electron chi connectivity index (χ4n) is 3.65. The van der Waals surface area contributed by atoms with Crippen LogP contribution in [0.15, 0.2) is 29.1 Å². The van der Waals surface area contributed by atoms with Crippen molar-refractivity contribution in [1.29, 1.82) is 0 Å². The van der Waals surface area contributed by atoms with Crippen molar-refractivity contribution in [2.45, 2.75) is 38.8 Å². The van der Waals surface area contributed by atoms with Gasteiger partial charge in [-0.05, 0) is 82.6 Å². The molecule has 1 fully saturated rings. The summed E-state index contributed by atoms with van der Waals surface area (Å²) in [5, 5.41) is 5.09. The Morgan fingerprint density at radius 2 is 2.17 bits per heavy atom. The third kappa shape index (κ3) is 6.26. The molecular formula is C22H32N4O2S. The second-order valence-corrected chi connectivity index (χ2v) is 8.51. The van der Waals surface area contributed by atoms with E-state index in [9.17, 15) is 4.79 Å². The summed E-state index contributed by atoms with van der Waals surface area (Å²) in [7, 11) is 4.13. The highest BCUT2D eigenvalue weighted by molar-refractivity contribution is 7.80. The molecule has 2 aromatic rings. The van der Waals surface area contributed by atoms with Crippen molar-refractivity contribution >= 4 is 28.2 Å². The molecule has 1 aromatic carbocycles. The lowest BCUT2D eigenvalue weighted by Gasteiger charge is -2.28. The summed E-state index contributed by atoms with van der Waals surface area (Å²) < 4.78 is 5.82. The molecular weight excluding hydrogens is 384 g/mol. The van der Waals surface area contributed by atoms with Crippen molar-refractivity contribution in [3.05, 3.63) is 45.7 Å². The van der Waals surface area contributed by atoms with Crippen molar-refractivity contribution < 1.29 is 4.74 Å². The quantitative estimate of drug-likeness (QED) is 0.510. The second-order valence-electron chi connectivity index (χ2n) is 8.12. The number of thiocarbonyl (C=S) groups is 1. The number of aromatic amines is 1. The van der Waals surface area contributed by atoms with Crippen LogP contribution < -0.4 is 10.9 Å². The molecule has 7 heteroatoms. The Morgan fingerprint density at radius 1 is 1.34 bits per heavy atom. The van der Waals surface area contributed by atoms with E-state index in [4.69, 9.17) is 17.0 Å². The Labute approximate surface area is 178 Å². The Balaban J connectivity index is 1.74. The number of pyridine rings is 1. The van der Waals surface area contributed by atoms with E-state index in [1.165, 1.54) is 5.56 Å². The summed E-state index contributed by atoms with van der Waals surface area (Å²) in [5.74, 6) is 0. The van der Waals surface area contributed by atoms with E-state index in [1.54, 1.807) is 0 Å². The molecule has 0 radical (unpaired) electrons. The van der Waals surface area contributed by atoms with Crippen LogP contribution in [-0.4, -0.2) is 66.3 Å². The minimum absolute atomic E-state index is 0.0610. The van der Waals surface area contributed by atoms with Gasteiger partial charge in [0.2, 0.25) is 0 Å². The van der Waals surface area contributed by atoms with E-state index in [-0.39, 0.29) is 11.7 Å². The van der Waals surface area contributed by atoms with Crippen LogP contribution in [0.5, 0.6) is 0 Å². The molecule has 1 aromatic heterocycles. The standard InChI is InChI=1S/C22H32N4O2S/c1-16-7-8-20-17(12-16)13-18(21(27)24-20)14-26(15-19-6-4-11-28-19)22(29)23-9-5-10-25(2)3/h7-8,12-13,19H,4-6,9-11,14-15H2,1-3H3,(H,23,29)(H,24,27). The first-order valence-electron chi connectivity index (χ1n) is 10.3. The maximum atomic E-state index is 12.7. The summed E-state index contributed by atoms with van der Waals surface area (Å²) in [4.78, 5) is 19.9. The van der Waals surface area contributed by atoms with Crippen LogP contribution in [0.1, 0.15) is 30.4 Å². The first kappa shape index (κ1) is 21.7. The predicted octanol–water partition coefficient (Wildman–Crippen LogP) is 2.64. The topological polar surface area (TPSA) is 60.6 Å². The van der Waals surface area contributed by atoms with Crippen LogP contribution in [0.3, 0.4) is 0 Å². The van der Waals surface area contributed by atoms with Gasteiger partial charge in [-0.2, -0.15) is 0 Å². The number of aryl methyl sites for hydroxylation is 1. The third-order valence-corrected chi connectivity index (χ3v) is 5.63. The van der Waals surface area contributed by atoms with E-state index < -0.39 is 0 Å². The van der Waals surface area contributed by atoms with E-state index in [2.05, 4.69) is 47.2 Å². The van der Waals surface area contributed by atoms with Crippen molar-refractivity contribution in [2.24, 2.45) is 0 Å². The Bertz CT molecular complexity index is 890. The Morgan fingerprint density at radius 3 is 2.90 bits per heavy atom. The van der Waals surface area contributed by atoms with Crippen LogP contribution in [-0.2, 0) is 11.3 Å². The maximum absolute atomic E-state index is 12.7. The molecule has 0 spiro atoms. The van der Waals surface area contributed by atoms with Crippen LogP contribution in [0.4, 0.5) is 0 Å². The molecule has 0 amide bonds. The Hall–Kier alpha value is -1.96. The van der Waals surface area contributed by atoms with Gasteiger partial charge in [-0.1, -0.05) is 11.6 Å². The lowest BCUT2D eigenvalue weighted by atomic mass is 10.1. The SMILES string of the molecule is Cc1ccc2[nH]c(=O)c(CN(CC3CCCO3)C(=S)NCCCN(C)C)cc2c1. The van der Waals surface area contributed by atoms with E-state index in [1.807, 2.05) is 18.2 Å². The minimum atomic E-state index is -0.0610.